The Kier molecular flexibility index (Phi) is 5.49. The van der Waals surface area contributed by atoms with Gasteiger partial charge in [0.2, 0.25) is 5.88 Å². The fraction of sp³-hybridized carbons (Fsp3) is 0.211. The van der Waals surface area contributed by atoms with E-state index in [1.807, 2.05) is 6.07 Å². The molecule has 6 nitrogen and oxygen atoms in total. The highest BCUT2D eigenvalue weighted by Gasteiger charge is 2.26. The molecular formula is C19H15F3N4O2. The summed E-state index contributed by atoms with van der Waals surface area (Å²) in [6, 6.07) is 10.2. The minimum absolute atomic E-state index is 0.0789. The minimum atomic E-state index is -4.20. The lowest BCUT2D eigenvalue weighted by Gasteiger charge is -2.11. The Labute approximate surface area is 158 Å². The Morgan fingerprint density at radius 3 is 2.68 bits per heavy atom. The predicted molar refractivity (Wildman–Crippen MR) is 95.1 cm³/mol. The van der Waals surface area contributed by atoms with Crippen molar-refractivity contribution in [3.8, 4) is 34.5 Å². The highest BCUT2D eigenvalue weighted by atomic mass is 19.4. The molecule has 0 unspecified atom stereocenters. The van der Waals surface area contributed by atoms with E-state index in [-0.39, 0.29) is 30.3 Å². The van der Waals surface area contributed by atoms with E-state index >= 15 is 0 Å². The average molecular weight is 388 g/mol. The fourth-order valence-corrected chi connectivity index (χ4v) is 2.51. The van der Waals surface area contributed by atoms with Crippen molar-refractivity contribution >= 4 is 5.82 Å². The van der Waals surface area contributed by atoms with Crippen LogP contribution in [0.3, 0.4) is 0 Å². The number of anilines is 1. The van der Waals surface area contributed by atoms with Gasteiger partial charge in [-0.15, -0.1) is 0 Å². The van der Waals surface area contributed by atoms with Gasteiger partial charge in [0, 0.05) is 29.8 Å². The number of hydrogen-bond donors (Lipinski definition) is 1. The Bertz CT molecular complexity index is 978. The van der Waals surface area contributed by atoms with Gasteiger partial charge in [0.25, 0.3) is 0 Å². The third-order valence-corrected chi connectivity index (χ3v) is 3.83. The largest absolute Gasteiger partial charge is 0.478 e. The number of aromatic nitrogens is 2. The third kappa shape index (κ3) is 4.59. The summed E-state index contributed by atoms with van der Waals surface area (Å²) in [5.74, 6) is 0.753. The van der Waals surface area contributed by atoms with Crippen LogP contribution in [0.15, 0.2) is 47.2 Å². The van der Waals surface area contributed by atoms with Crippen LogP contribution in [0.1, 0.15) is 18.4 Å². The quantitative estimate of drug-likeness (QED) is 0.621. The summed E-state index contributed by atoms with van der Waals surface area (Å²) in [7, 11) is 0. The number of nitrogens with two attached hydrogens (primary N) is 1. The molecule has 0 atom stereocenters. The first-order valence-electron chi connectivity index (χ1n) is 8.28. The highest BCUT2D eigenvalue weighted by molar-refractivity contribution is 5.81. The van der Waals surface area contributed by atoms with Gasteiger partial charge in [-0.05, 0) is 30.7 Å². The van der Waals surface area contributed by atoms with Gasteiger partial charge in [-0.25, -0.2) is 9.97 Å². The van der Waals surface area contributed by atoms with Gasteiger partial charge < -0.3 is 14.9 Å². The average Bonchev–Trinajstić information content (AvgIpc) is 3.19. The summed E-state index contributed by atoms with van der Waals surface area (Å²) in [4.78, 5) is 8.38. The first-order valence-corrected chi connectivity index (χ1v) is 8.28. The molecule has 0 saturated carbocycles. The lowest BCUT2D eigenvalue weighted by Crippen LogP contribution is -2.10. The normalized spacial score (nSPS) is 11.2. The standard InChI is InChI=1S/C19H15F3N4O2/c20-19(21,22)6-2-8-28-16-5-4-12(11-25-16)14-9-13(10-23)18(24)26-17(14)15-3-1-7-27-15/h1,3-5,7,9,11H,2,6,8H2,(H2,24,26). The van der Waals surface area contributed by atoms with E-state index in [0.717, 1.165) is 0 Å². The van der Waals surface area contributed by atoms with Crippen molar-refractivity contribution in [3.05, 3.63) is 48.4 Å². The van der Waals surface area contributed by atoms with Crippen molar-refractivity contribution in [1.29, 1.82) is 5.26 Å². The Morgan fingerprint density at radius 2 is 2.07 bits per heavy atom. The van der Waals surface area contributed by atoms with Gasteiger partial charge in [0.05, 0.1) is 18.4 Å². The zero-order valence-electron chi connectivity index (χ0n) is 14.5. The van der Waals surface area contributed by atoms with Crippen LogP contribution in [0, 0.1) is 11.3 Å². The molecule has 0 fully saturated rings. The zero-order valence-corrected chi connectivity index (χ0v) is 14.5. The summed E-state index contributed by atoms with van der Waals surface area (Å²) >= 11 is 0. The summed E-state index contributed by atoms with van der Waals surface area (Å²) in [6.45, 7) is -0.0918. The molecule has 0 aliphatic heterocycles. The van der Waals surface area contributed by atoms with Crippen molar-refractivity contribution in [1.82, 2.24) is 9.97 Å². The molecule has 0 saturated heterocycles. The van der Waals surface area contributed by atoms with Gasteiger partial charge in [0.15, 0.2) is 5.76 Å². The third-order valence-electron chi connectivity index (χ3n) is 3.83. The van der Waals surface area contributed by atoms with Crippen LogP contribution in [0.25, 0.3) is 22.6 Å². The number of nitrogens with zero attached hydrogens (tertiary/aromatic N) is 3. The first kappa shape index (κ1) is 19.2. The smallest absolute Gasteiger partial charge is 0.389 e. The molecule has 2 N–H and O–H groups in total. The van der Waals surface area contributed by atoms with Crippen LogP contribution in [0.5, 0.6) is 5.88 Å². The van der Waals surface area contributed by atoms with Gasteiger partial charge >= 0.3 is 6.18 Å². The van der Waals surface area contributed by atoms with Crippen molar-refractivity contribution in [3.63, 3.8) is 0 Å². The molecule has 28 heavy (non-hydrogen) atoms. The van der Waals surface area contributed by atoms with E-state index in [0.29, 0.717) is 22.6 Å². The Morgan fingerprint density at radius 1 is 1.25 bits per heavy atom. The van der Waals surface area contributed by atoms with Crippen LogP contribution in [0.4, 0.5) is 19.0 Å². The second kappa shape index (κ2) is 8.00. The second-order valence-corrected chi connectivity index (χ2v) is 5.86. The molecule has 3 aromatic rings. The fourth-order valence-electron chi connectivity index (χ4n) is 2.51. The van der Waals surface area contributed by atoms with Crippen LogP contribution in [0.2, 0.25) is 0 Å². The van der Waals surface area contributed by atoms with Crippen LogP contribution in [-0.2, 0) is 0 Å². The zero-order chi connectivity index (χ0) is 20.1. The molecule has 3 rings (SSSR count). The van der Waals surface area contributed by atoms with Crippen molar-refractivity contribution in [2.24, 2.45) is 0 Å². The van der Waals surface area contributed by atoms with Gasteiger partial charge in [-0.1, -0.05) is 0 Å². The molecule has 0 amide bonds. The summed E-state index contributed by atoms with van der Waals surface area (Å²) in [5.41, 5.74) is 7.67. The number of rotatable bonds is 6. The van der Waals surface area contributed by atoms with E-state index < -0.39 is 12.6 Å². The maximum Gasteiger partial charge on any atom is 0.389 e. The SMILES string of the molecule is N#Cc1cc(-c2ccc(OCCCC(F)(F)F)nc2)c(-c2ccco2)nc1N. The van der Waals surface area contributed by atoms with Crippen LogP contribution in [-0.4, -0.2) is 22.8 Å². The Hall–Kier alpha value is -3.54. The molecule has 0 radical (unpaired) electrons. The van der Waals surface area contributed by atoms with Gasteiger partial charge in [-0.3, -0.25) is 0 Å². The monoisotopic (exact) mass is 388 g/mol. The van der Waals surface area contributed by atoms with Crippen molar-refractivity contribution < 1.29 is 22.3 Å². The van der Waals surface area contributed by atoms with E-state index in [1.165, 1.54) is 18.5 Å². The van der Waals surface area contributed by atoms with E-state index in [2.05, 4.69) is 9.97 Å². The Balaban J connectivity index is 1.82. The van der Waals surface area contributed by atoms with Crippen molar-refractivity contribution in [2.45, 2.75) is 19.0 Å². The molecule has 3 aromatic heterocycles. The molecule has 0 aliphatic rings. The molecule has 0 aromatic carbocycles. The number of nitriles is 1. The molecule has 0 aliphatic carbocycles. The topological polar surface area (TPSA) is 98.0 Å². The number of pyridine rings is 2. The van der Waals surface area contributed by atoms with E-state index in [9.17, 15) is 18.4 Å². The number of halogens is 3. The number of hydrogen-bond acceptors (Lipinski definition) is 6. The van der Waals surface area contributed by atoms with E-state index in [4.69, 9.17) is 14.9 Å². The minimum Gasteiger partial charge on any atom is -0.478 e. The molecule has 3 heterocycles. The van der Waals surface area contributed by atoms with E-state index in [1.54, 1.807) is 24.3 Å². The number of ether oxygens (including phenoxy) is 1. The van der Waals surface area contributed by atoms with Gasteiger partial charge in [-0.2, -0.15) is 18.4 Å². The van der Waals surface area contributed by atoms with Crippen LogP contribution >= 0.6 is 0 Å². The number of nitrogen functional groups attached to an aromatic ring is 1. The second-order valence-electron chi connectivity index (χ2n) is 5.86. The number of furan rings is 1. The molecule has 9 heteroatoms. The van der Waals surface area contributed by atoms with Gasteiger partial charge in [0.1, 0.15) is 17.6 Å². The molecule has 0 spiro atoms. The molecule has 0 bridgehead atoms. The maximum atomic E-state index is 12.2. The highest BCUT2D eigenvalue weighted by Crippen LogP contribution is 2.33. The molecule has 144 valence electrons. The van der Waals surface area contributed by atoms with Crippen LogP contribution < -0.4 is 10.5 Å². The summed E-state index contributed by atoms with van der Waals surface area (Å²) in [5, 5.41) is 9.22. The summed E-state index contributed by atoms with van der Waals surface area (Å²) in [6.07, 6.45) is -2.29. The lowest BCUT2D eigenvalue weighted by molar-refractivity contribution is -0.136. The van der Waals surface area contributed by atoms with Crippen molar-refractivity contribution in [2.75, 3.05) is 12.3 Å². The predicted octanol–water partition coefficient (Wildman–Crippen LogP) is 4.58. The lowest BCUT2D eigenvalue weighted by atomic mass is 10.0. The number of alkyl halides is 3. The maximum absolute atomic E-state index is 12.2. The summed E-state index contributed by atoms with van der Waals surface area (Å²) < 4.78 is 47.1. The first-order chi connectivity index (χ1) is 13.4. The molecular weight excluding hydrogens is 373 g/mol.